The molecule has 0 bridgehead atoms. The minimum Gasteiger partial charge on any atom is -0.370 e. The number of thioether (sulfide) groups is 1. The van der Waals surface area contributed by atoms with Gasteiger partial charge in [-0.1, -0.05) is 17.7 Å². The molecule has 2 aliphatic rings. The maximum absolute atomic E-state index is 11.8. The molecule has 0 radical (unpaired) electrons. The van der Waals surface area contributed by atoms with E-state index in [-0.39, 0.29) is 40.2 Å². The second-order valence-corrected chi connectivity index (χ2v) is 9.81. The maximum atomic E-state index is 11.8. The van der Waals surface area contributed by atoms with Crippen molar-refractivity contribution in [3.8, 4) is 0 Å². The van der Waals surface area contributed by atoms with Gasteiger partial charge in [0.05, 0.1) is 11.1 Å². The first-order valence-electron chi connectivity index (χ1n) is 8.35. The summed E-state index contributed by atoms with van der Waals surface area (Å²) in [6, 6.07) is 4.44. The number of nitrogens with zero attached hydrogens (tertiary/aromatic N) is 2. The van der Waals surface area contributed by atoms with Gasteiger partial charge in [-0.15, -0.1) is 24.2 Å². The number of ether oxygens (including phenoxy) is 1. The Morgan fingerprint density at radius 2 is 2.07 bits per heavy atom. The zero-order valence-electron chi connectivity index (χ0n) is 15.3. The molecular weight excluding hydrogens is 433 g/mol. The van der Waals surface area contributed by atoms with Gasteiger partial charge in [-0.2, -0.15) is 0 Å². The third-order valence-corrected chi connectivity index (χ3v) is 7.87. The summed E-state index contributed by atoms with van der Waals surface area (Å²) >= 11 is 7.56. The molecule has 7 nitrogen and oxygen atoms in total. The van der Waals surface area contributed by atoms with Crippen molar-refractivity contribution in [1.82, 2.24) is 9.80 Å². The molecule has 2 saturated heterocycles. The molecular formula is C16H25Cl2N3O4S2. The Bertz CT molecular complexity index is 798. The monoisotopic (exact) mass is 457 g/mol. The van der Waals surface area contributed by atoms with Crippen LogP contribution in [0.15, 0.2) is 23.1 Å². The predicted molar refractivity (Wildman–Crippen MR) is 109 cm³/mol. The number of primary sulfonamides is 1. The van der Waals surface area contributed by atoms with E-state index in [0.717, 1.165) is 13.0 Å². The van der Waals surface area contributed by atoms with Crippen LogP contribution in [0.4, 0.5) is 0 Å². The van der Waals surface area contributed by atoms with Crippen LogP contribution < -0.4 is 5.14 Å². The quantitative estimate of drug-likeness (QED) is 0.715. The van der Waals surface area contributed by atoms with Crippen molar-refractivity contribution in [1.29, 1.82) is 0 Å². The molecule has 11 heteroatoms. The van der Waals surface area contributed by atoms with E-state index in [9.17, 15) is 13.5 Å². The van der Waals surface area contributed by atoms with Gasteiger partial charge in [-0.3, -0.25) is 4.90 Å². The molecule has 3 rings (SSSR count). The third kappa shape index (κ3) is 4.41. The fourth-order valence-corrected chi connectivity index (χ4v) is 6.14. The first kappa shape index (κ1) is 23.2. The zero-order valence-corrected chi connectivity index (χ0v) is 18.5. The van der Waals surface area contributed by atoms with Crippen LogP contribution in [0.5, 0.6) is 0 Å². The number of nitrogens with two attached hydrogens (primary N) is 1. The maximum Gasteiger partial charge on any atom is 0.239 e. The van der Waals surface area contributed by atoms with Crippen LogP contribution in [0, 0.1) is 0 Å². The van der Waals surface area contributed by atoms with E-state index >= 15 is 0 Å². The fraction of sp³-hybridized carbons (Fsp3) is 0.625. The molecule has 0 spiro atoms. The predicted octanol–water partition coefficient (Wildman–Crippen LogP) is 1.97. The number of benzene rings is 1. The number of hydrogen-bond donors (Lipinski definition) is 2. The van der Waals surface area contributed by atoms with Gasteiger partial charge in [-0.05, 0) is 39.4 Å². The van der Waals surface area contributed by atoms with Crippen molar-refractivity contribution in [2.45, 2.75) is 48.7 Å². The Balaban J connectivity index is 0.00000261. The Morgan fingerprint density at radius 1 is 1.41 bits per heavy atom. The van der Waals surface area contributed by atoms with Crippen LogP contribution in [-0.4, -0.2) is 60.5 Å². The molecule has 154 valence electrons. The standard InChI is InChI=1S/C16H24ClN3O4S2.ClH/c1-10-6-7-20(11(2)24-10)15-19(3)16(21,9-25-15)12-4-5-13(17)14(8-12)26(18,22)23;/h4-5,8,10-11,15,21H,6-7,9H2,1-3H3,(H2,18,22,23);1H. The van der Waals surface area contributed by atoms with Gasteiger partial charge in [0.25, 0.3) is 0 Å². The molecule has 2 fully saturated rings. The minimum absolute atomic E-state index is 0. The van der Waals surface area contributed by atoms with Crippen molar-refractivity contribution in [2.24, 2.45) is 5.14 Å². The Hall–Kier alpha value is -0.100. The number of hydrogen-bond acceptors (Lipinski definition) is 7. The SMILES string of the molecule is CC1CCN(C2SCC(O)(c3ccc(Cl)c(S(N)(=O)=O)c3)N2C)C(C)O1.Cl. The molecule has 0 amide bonds. The van der Waals surface area contributed by atoms with Crippen molar-refractivity contribution in [2.75, 3.05) is 19.3 Å². The van der Waals surface area contributed by atoms with Crippen molar-refractivity contribution >= 4 is 45.8 Å². The molecule has 2 aliphatic heterocycles. The molecule has 4 atom stereocenters. The van der Waals surface area contributed by atoms with Gasteiger partial charge in [0.2, 0.25) is 10.0 Å². The van der Waals surface area contributed by atoms with E-state index in [0.29, 0.717) is 11.3 Å². The lowest BCUT2D eigenvalue weighted by atomic mass is 10.0. The normalized spacial score (nSPS) is 33.0. The van der Waals surface area contributed by atoms with E-state index in [1.807, 2.05) is 18.9 Å². The summed E-state index contributed by atoms with van der Waals surface area (Å²) in [5.74, 6) is 0.388. The van der Waals surface area contributed by atoms with Gasteiger partial charge in [0.15, 0.2) is 5.72 Å². The number of sulfonamides is 1. The second-order valence-electron chi connectivity index (χ2n) is 6.83. The topological polar surface area (TPSA) is 96.1 Å². The van der Waals surface area contributed by atoms with Crippen LogP contribution in [0.25, 0.3) is 0 Å². The highest BCUT2D eigenvalue weighted by molar-refractivity contribution is 8.00. The molecule has 2 heterocycles. The van der Waals surface area contributed by atoms with E-state index in [1.165, 1.54) is 12.1 Å². The highest BCUT2D eigenvalue weighted by Crippen LogP contribution is 2.44. The summed E-state index contributed by atoms with van der Waals surface area (Å²) in [7, 11) is -2.16. The zero-order chi connectivity index (χ0) is 19.3. The van der Waals surface area contributed by atoms with Gasteiger partial charge < -0.3 is 9.84 Å². The molecule has 0 aromatic heterocycles. The summed E-state index contributed by atoms with van der Waals surface area (Å²) < 4.78 is 29.4. The van der Waals surface area contributed by atoms with E-state index < -0.39 is 15.7 Å². The second kappa shape index (κ2) is 8.33. The van der Waals surface area contributed by atoms with Gasteiger partial charge in [0, 0.05) is 17.9 Å². The molecule has 0 aliphatic carbocycles. The summed E-state index contributed by atoms with van der Waals surface area (Å²) in [5.41, 5.74) is -0.971. The Morgan fingerprint density at radius 3 is 2.67 bits per heavy atom. The summed E-state index contributed by atoms with van der Waals surface area (Å²) in [6.07, 6.45) is 1.07. The molecule has 27 heavy (non-hydrogen) atoms. The van der Waals surface area contributed by atoms with Gasteiger partial charge >= 0.3 is 0 Å². The van der Waals surface area contributed by atoms with Crippen LogP contribution >= 0.6 is 35.8 Å². The first-order chi connectivity index (χ1) is 12.0. The van der Waals surface area contributed by atoms with Crippen molar-refractivity contribution in [3.05, 3.63) is 28.8 Å². The number of rotatable bonds is 3. The fourth-order valence-electron chi connectivity index (χ4n) is 3.45. The highest BCUT2D eigenvalue weighted by Gasteiger charge is 2.48. The van der Waals surface area contributed by atoms with E-state index in [2.05, 4.69) is 11.8 Å². The Kier molecular flexibility index (Phi) is 7.15. The van der Waals surface area contributed by atoms with Crippen LogP contribution in [-0.2, 0) is 20.5 Å². The first-order valence-corrected chi connectivity index (χ1v) is 11.3. The molecule has 4 unspecified atom stereocenters. The Labute approximate surface area is 175 Å². The molecule has 3 N–H and O–H groups in total. The smallest absolute Gasteiger partial charge is 0.239 e. The summed E-state index contributed by atoms with van der Waals surface area (Å²) in [4.78, 5) is 3.85. The lowest BCUT2D eigenvalue weighted by Gasteiger charge is -2.43. The molecule has 0 saturated carbocycles. The lowest BCUT2D eigenvalue weighted by molar-refractivity contribution is -0.170. The number of halogens is 2. The van der Waals surface area contributed by atoms with Crippen LogP contribution in [0.1, 0.15) is 25.8 Å². The van der Waals surface area contributed by atoms with Crippen molar-refractivity contribution in [3.63, 3.8) is 0 Å². The highest BCUT2D eigenvalue weighted by atomic mass is 35.5. The largest absolute Gasteiger partial charge is 0.370 e. The van der Waals surface area contributed by atoms with Gasteiger partial charge in [0.1, 0.15) is 16.6 Å². The molecule has 1 aromatic carbocycles. The average molecular weight is 458 g/mol. The average Bonchev–Trinajstić information content (AvgIpc) is 2.84. The minimum atomic E-state index is -3.98. The van der Waals surface area contributed by atoms with E-state index in [4.69, 9.17) is 21.5 Å². The molecule has 1 aromatic rings. The summed E-state index contributed by atoms with van der Waals surface area (Å²) in [5, 5.41) is 16.6. The lowest BCUT2D eigenvalue weighted by Crippen LogP contribution is -2.55. The summed E-state index contributed by atoms with van der Waals surface area (Å²) in [6.45, 7) is 4.92. The van der Waals surface area contributed by atoms with Crippen molar-refractivity contribution < 1.29 is 18.3 Å². The number of aliphatic hydroxyl groups is 1. The van der Waals surface area contributed by atoms with Gasteiger partial charge in [-0.25, -0.2) is 18.5 Å². The van der Waals surface area contributed by atoms with Crippen LogP contribution in [0.2, 0.25) is 5.02 Å². The van der Waals surface area contributed by atoms with Crippen LogP contribution in [0.3, 0.4) is 0 Å². The third-order valence-electron chi connectivity index (χ3n) is 5.02. The van der Waals surface area contributed by atoms with E-state index in [1.54, 1.807) is 17.8 Å².